The highest BCUT2D eigenvalue weighted by atomic mass is 16.6. The number of nitro benzene ring substituents is 1. The molecule has 112 valence electrons. The number of nitrogens with one attached hydrogen (secondary N) is 3. The summed E-state index contributed by atoms with van der Waals surface area (Å²) in [5, 5.41) is 17.6. The smallest absolute Gasteiger partial charge is 0.313 e. The van der Waals surface area contributed by atoms with Gasteiger partial charge in [0.1, 0.15) is 0 Å². The molecule has 0 radical (unpaired) electrons. The van der Waals surface area contributed by atoms with Gasteiger partial charge in [-0.1, -0.05) is 6.07 Å². The standard InChI is InChI=1S/C12H14N4O5/c1-8(17)13-5-6-14-11(18)12(19)15-9-3-2-4-10(7-9)16(20)21/h2-4,7H,5-6H2,1H3,(H,13,17)(H,14,18)(H,15,19). The van der Waals surface area contributed by atoms with Gasteiger partial charge in [-0.2, -0.15) is 0 Å². The molecular weight excluding hydrogens is 280 g/mol. The van der Waals surface area contributed by atoms with Gasteiger partial charge in [-0.15, -0.1) is 0 Å². The molecule has 9 nitrogen and oxygen atoms in total. The predicted octanol–water partition coefficient (Wildman–Crippen LogP) is -0.214. The van der Waals surface area contributed by atoms with Crippen LogP contribution in [0.5, 0.6) is 0 Å². The fourth-order valence-electron chi connectivity index (χ4n) is 1.38. The van der Waals surface area contributed by atoms with E-state index in [-0.39, 0.29) is 30.4 Å². The molecule has 1 aromatic carbocycles. The van der Waals surface area contributed by atoms with Gasteiger partial charge in [0.05, 0.1) is 4.92 Å². The quantitative estimate of drug-likeness (QED) is 0.299. The van der Waals surface area contributed by atoms with Crippen LogP contribution in [-0.4, -0.2) is 35.7 Å². The normalized spacial score (nSPS) is 9.57. The zero-order chi connectivity index (χ0) is 15.8. The number of nitro groups is 1. The van der Waals surface area contributed by atoms with Crippen LogP contribution < -0.4 is 16.0 Å². The molecular formula is C12H14N4O5. The Morgan fingerprint density at radius 2 is 1.81 bits per heavy atom. The minimum Gasteiger partial charge on any atom is -0.355 e. The van der Waals surface area contributed by atoms with E-state index in [2.05, 4.69) is 16.0 Å². The first-order chi connectivity index (χ1) is 9.90. The maximum absolute atomic E-state index is 11.5. The molecule has 0 saturated carbocycles. The highest BCUT2D eigenvalue weighted by Gasteiger charge is 2.14. The van der Waals surface area contributed by atoms with Crippen LogP contribution in [0.2, 0.25) is 0 Å². The molecule has 0 atom stereocenters. The number of carbonyl (C=O) groups excluding carboxylic acids is 3. The minimum absolute atomic E-state index is 0.0980. The van der Waals surface area contributed by atoms with Gasteiger partial charge in [-0.3, -0.25) is 24.5 Å². The lowest BCUT2D eigenvalue weighted by Gasteiger charge is -2.06. The first-order valence-corrected chi connectivity index (χ1v) is 5.98. The second kappa shape index (κ2) is 7.58. The topological polar surface area (TPSA) is 130 Å². The molecule has 0 spiro atoms. The number of nitrogens with zero attached hydrogens (tertiary/aromatic N) is 1. The largest absolute Gasteiger partial charge is 0.355 e. The van der Waals surface area contributed by atoms with Crippen molar-refractivity contribution in [3.8, 4) is 0 Å². The number of anilines is 1. The average molecular weight is 294 g/mol. The Morgan fingerprint density at radius 1 is 1.14 bits per heavy atom. The maximum Gasteiger partial charge on any atom is 0.313 e. The zero-order valence-electron chi connectivity index (χ0n) is 11.2. The summed E-state index contributed by atoms with van der Waals surface area (Å²) in [5.41, 5.74) is -0.0509. The Kier molecular flexibility index (Phi) is 5.80. The molecule has 1 rings (SSSR count). The number of hydrogen-bond acceptors (Lipinski definition) is 5. The third kappa shape index (κ3) is 5.68. The Balaban J connectivity index is 2.48. The summed E-state index contributed by atoms with van der Waals surface area (Å²) < 4.78 is 0. The van der Waals surface area contributed by atoms with E-state index in [4.69, 9.17) is 0 Å². The SMILES string of the molecule is CC(=O)NCCNC(=O)C(=O)Nc1cccc([N+](=O)[O-])c1. The van der Waals surface area contributed by atoms with Crippen molar-refractivity contribution in [3.05, 3.63) is 34.4 Å². The van der Waals surface area contributed by atoms with Crippen molar-refractivity contribution in [2.24, 2.45) is 0 Å². The predicted molar refractivity (Wildman–Crippen MR) is 73.4 cm³/mol. The molecule has 0 heterocycles. The van der Waals surface area contributed by atoms with E-state index in [0.717, 1.165) is 6.07 Å². The van der Waals surface area contributed by atoms with E-state index in [1.54, 1.807) is 0 Å². The molecule has 3 amide bonds. The number of benzene rings is 1. The van der Waals surface area contributed by atoms with E-state index in [1.807, 2.05) is 0 Å². The summed E-state index contributed by atoms with van der Waals surface area (Å²) in [6.45, 7) is 1.63. The fourth-order valence-corrected chi connectivity index (χ4v) is 1.38. The summed E-state index contributed by atoms with van der Waals surface area (Å²) in [4.78, 5) is 43.5. The van der Waals surface area contributed by atoms with Crippen LogP contribution in [0.4, 0.5) is 11.4 Å². The number of hydrogen-bond donors (Lipinski definition) is 3. The average Bonchev–Trinajstić information content (AvgIpc) is 2.43. The lowest BCUT2D eigenvalue weighted by molar-refractivity contribution is -0.384. The van der Waals surface area contributed by atoms with Crippen molar-refractivity contribution in [2.75, 3.05) is 18.4 Å². The number of non-ortho nitro benzene ring substituents is 1. The van der Waals surface area contributed by atoms with Crippen LogP contribution in [0.3, 0.4) is 0 Å². The molecule has 0 bridgehead atoms. The molecule has 3 N–H and O–H groups in total. The number of carbonyl (C=O) groups is 3. The Bertz CT molecular complexity index is 573. The molecule has 0 aliphatic rings. The van der Waals surface area contributed by atoms with Crippen molar-refractivity contribution in [3.63, 3.8) is 0 Å². The van der Waals surface area contributed by atoms with E-state index >= 15 is 0 Å². The Hall–Kier alpha value is -2.97. The van der Waals surface area contributed by atoms with Gasteiger partial charge in [-0.25, -0.2) is 0 Å². The van der Waals surface area contributed by atoms with E-state index < -0.39 is 16.7 Å². The van der Waals surface area contributed by atoms with Crippen LogP contribution in [0.15, 0.2) is 24.3 Å². The minimum atomic E-state index is -0.946. The molecule has 1 aromatic rings. The van der Waals surface area contributed by atoms with Crippen molar-refractivity contribution in [1.29, 1.82) is 0 Å². The van der Waals surface area contributed by atoms with Gasteiger partial charge < -0.3 is 16.0 Å². The highest BCUT2D eigenvalue weighted by molar-refractivity contribution is 6.39. The maximum atomic E-state index is 11.5. The van der Waals surface area contributed by atoms with E-state index in [0.29, 0.717) is 0 Å². The van der Waals surface area contributed by atoms with Crippen LogP contribution in [-0.2, 0) is 14.4 Å². The Morgan fingerprint density at radius 3 is 2.43 bits per heavy atom. The van der Waals surface area contributed by atoms with Gasteiger partial charge in [0.2, 0.25) is 5.91 Å². The molecule has 0 aromatic heterocycles. The summed E-state index contributed by atoms with van der Waals surface area (Å²) >= 11 is 0. The van der Waals surface area contributed by atoms with E-state index in [9.17, 15) is 24.5 Å². The lowest BCUT2D eigenvalue weighted by Crippen LogP contribution is -2.39. The molecule has 0 aliphatic heterocycles. The molecule has 0 aliphatic carbocycles. The van der Waals surface area contributed by atoms with Gasteiger partial charge >= 0.3 is 11.8 Å². The third-order valence-electron chi connectivity index (χ3n) is 2.31. The zero-order valence-corrected chi connectivity index (χ0v) is 11.2. The molecule has 9 heteroatoms. The van der Waals surface area contributed by atoms with Crippen LogP contribution in [0.1, 0.15) is 6.92 Å². The second-order valence-electron chi connectivity index (χ2n) is 4.00. The van der Waals surface area contributed by atoms with Crippen molar-refractivity contribution in [2.45, 2.75) is 6.92 Å². The van der Waals surface area contributed by atoms with Gasteiger partial charge in [-0.05, 0) is 6.07 Å². The first-order valence-electron chi connectivity index (χ1n) is 5.98. The molecule has 0 fully saturated rings. The summed E-state index contributed by atoms with van der Waals surface area (Å²) in [6.07, 6.45) is 0. The van der Waals surface area contributed by atoms with Gasteiger partial charge in [0.15, 0.2) is 0 Å². The highest BCUT2D eigenvalue weighted by Crippen LogP contribution is 2.16. The second-order valence-corrected chi connectivity index (χ2v) is 4.00. The Labute approximate surface area is 119 Å². The molecule has 21 heavy (non-hydrogen) atoms. The van der Waals surface area contributed by atoms with Crippen LogP contribution in [0, 0.1) is 10.1 Å². The van der Waals surface area contributed by atoms with Gasteiger partial charge in [0, 0.05) is 37.8 Å². The van der Waals surface area contributed by atoms with Gasteiger partial charge in [0.25, 0.3) is 5.69 Å². The number of amides is 3. The molecule has 0 saturated heterocycles. The molecule has 0 unspecified atom stereocenters. The first kappa shape index (κ1) is 16.1. The van der Waals surface area contributed by atoms with Crippen molar-refractivity contribution >= 4 is 29.1 Å². The summed E-state index contributed by atoms with van der Waals surface area (Å²) in [6, 6.07) is 5.23. The third-order valence-corrected chi connectivity index (χ3v) is 2.31. The van der Waals surface area contributed by atoms with E-state index in [1.165, 1.54) is 25.1 Å². The fraction of sp³-hybridized carbons (Fsp3) is 0.250. The van der Waals surface area contributed by atoms with Crippen molar-refractivity contribution in [1.82, 2.24) is 10.6 Å². The summed E-state index contributed by atoms with van der Waals surface area (Å²) in [5.74, 6) is -2.09. The lowest BCUT2D eigenvalue weighted by atomic mass is 10.3. The van der Waals surface area contributed by atoms with Crippen molar-refractivity contribution < 1.29 is 19.3 Å². The van der Waals surface area contributed by atoms with Crippen LogP contribution in [0.25, 0.3) is 0 Å². The van der Waals surface area contributed by atoms with Crippen LogP contribution >= 0.6 is 0 Å². The monoisotopic (exact) mass is 294 g/mol. The summed E-state index contributed by atoms with van der Waals surface area (Å²) in [7, 11) is 0. The number of rotatable bonds is 5.